The predicted octanol–water partition coefficient (Wildman–Crippen LogP) is 7.73. The number of nitro benzene ring substituents is 1. The van der Waals surface area contributed by atoms with E-state index in [0.717, 1.165) is 61.2 Å². The van der Waals surface area contributed by atoms with Crippen molar-refractivity contribution in [2.45, 2.75) is 41.6 Å². The van der Waals surface area contributed by atoms with E-state index in [1.807, 2.05) is 72.8 Å². The average Bonchev–Trinajstić information content (AvgIpc) is 3.33. The van der Waals surface area contributed by atoms with Crippen molar-refractivity contribution in [3.8, 4) is 11.1 Å². The molecule has 1 aromatic heterocycles. The highest BCUT2D eigenvalue weighted by Gasteiger charge is 2.29. The first kappa shape index (κ1) is 48.6. The van der Waals surface area contributed by atoms with Crippen LogP contribution < -0.4 is 19.7 Å². The largest absolute Gasteiger partial charge is 0.376 e. The highest BCUT2D eigenvalue weighted by atomic mass is 35.5. The summed E-state index contributed by atoms with van der Waals surface area (Å²) < 4.78 is 55.6. The number of hydrogen-bond acceptors (Lipinski definition) is 14. The van der Waals surface area contributed by atoms with Crippen molar-refractivity contribution < 1.29 is 26.6 Å². The van der Waals surface area contributed by atoms with E-state index >= 15 is 0 Å². The molecular weight excluding hydrogens is 946 g/mol. The van der Waals surface area contributed by atoms with Crippen LogP contribution in [0.1, 0.15) is 24.8 Å². The molecule has 2 aliphatic rings. The number of carbonyl (C=O) groups excluding carboxylic acids is 1. The first-order valence-corrected chi connectivity index (χ1v) is 27.0. The Hall–Kier alpha value is -5.83. The Balaban J connectivity index is 0.917. The van der Waals surface area contributed by atoms with E-state index in [1.54, 1.807) is 17.8 Å². The second-order valence-electron chi connectivity index (χ2n) is 17.0. The summed E-state index contributed by atoms with van der Waals surface area (Å²) in [6, 6.07) is 35.2. The highest BCUT2D eigenvalue weighted by Crippen LogP contribution is 2.33. The number of hydrogen-bond donors (Lipinski definition) is 3. The summed E-state index contributed by atoms with van der Waals surface area (Å²) in [5.41, 5.74) is 4.81. The molecule has 68 heavy (non-hydrogen) atoms. The van der Waals surface area contributed by atoms with Gasteiger partial charge in [0.25, 0.3) is 15.7 Å². The maximum Gasteiger partial charge on any atom is 0.293 e. The molecule has 0 radical (unpaired) electrons. The molecule has 1 unspecified atom stereocenters. The number of sulfonamides is 2. The number of thioether (sulfide) groups is 1. The minimum atomic E-state index is -4.35. The maximum atomic E-state index is 13.9. The second kappa shape index (κ2) is 21.6. The molecule has 5 aromatic carbocycles. The van der Waals surface area contributed by atoms with E-state index in [2.05, 4.69) is 57.6 Å². The van der Waals surface area contributed by atoms with Gasteiger partial charge in [0.1, 0.15) is 12.0 Å². The number of anilines is 3. The number of carbonyl (C=O) groups is 1. The first-order valence-electron chi connectivity index (χ1n) is 22.2. The number of amides is 1. The first-order chi connectivity index (χ1) is 32.7. The van der Waals surface area contributed by atoms with Gasteiger partial charge in [-0.3, -0.25) is 29.3 Å². The van der Waals surface area contributed by atoms with Gasteiger partial charge in [0.2, 0.25) is 15.9 Å². The number of piperazine rings is 1. The number of nitrogens with one attached hydrogen (secondary N) is 3. The molecule has 0 spiro atoms. The molecule has 0 saturated carbocycles. The van der Waals surface area contributed by atoms with Crippen LogP contribution >= 0.6 is 23.4 Å². The molecule has 2 fully saturated rings. The van der Waals surface area contributed by atoms with Crippen LogP contribution in [0.5, 0.6) is 0 Å². The van der Waals surface area contributed by atoms with E-state index in [4.69, 9.17) is 11.6 Å². The number of piperidine rings is 1. The lowest BCUT2D eigenvalue weighted by atomic mass is 9.96. The van der Waals surface area contributed by atoms with Crippen LogP contribution in [0.25, 0.3) is 22.0 Å². The van der Waals surface area contributed by atoms with Crippen molar-refractivity contribution in [3.63, 3.8) is 0 Å². The van der Waals surface area contributed by atoms with E-state index in [1.165, 1.54) is 29.6 Å². The SMILES string of the molecule is CS(=O)(=O)NC(=O)C1CCN(CCC(CSc2ccccc2)Nc2ccc(S(=O)(=O)Nc3ncnc4cc(N5CCN(Cc6ccccc6-c6ccc(Cl)cc6)CC5)ccc34)cc2[N+](=O)[O-])CC1. The summed E-state index contributed by atoms with van der Waals surface area (Å²) in [5.74, 6) is -0.301. The van der Waals surface area contributed by atoms with Gasteiger partial charge >= 0.3 is 0 Å². The normalized spacial score (nSPS) is 15.8. The van der Waals surface area contributed by atoms with Crippen LogP contribution in [0.4, 0.5) is 22.9 Å². The molecule has 1 amide bonds. The quantitative estimate of drug-likeness (QED) is 0.0429. The van der Waals surface area contributed by atoms with Crippen molar-refractivity contribution in [2.75, 3.05) is 72.8 Å². The van der Waals surface area contributed by atoms with Crippen LogP contribution in [-0.2, 0) is 31.4 Å². The number of nitro groups is 1. The van der Waals surface area contributed by atoms with Crippen LogP contribution in [-0.4, -0.2) is 111 Å². The third kappa shape index (κ3) is 12.6. The fourth-order valence-electron chi connectivity index (χ4n) is 8.59. The monoisotopic (exact) mass is 997 g/mol. The number of nitrogens with zero attached hydrogens (tertiary/aromatic N) is 6. The number of fused-ring (bicyclic) bond motifs is 1. The van der Waals surface area contributed by atoms with Gasteiger partial charge in [0, 0.05) is 84.0 Å². The fraction of sp³-hybridized carbons (Fsp3) is 0.312. The van der Waals surface area contributed by atoms with E-state index in [9.17, 15) is 31.7 Å². The molecule has 3 heterocycles. The van der Waals surface area contributed by atoms with E-state index < -0.39 is 42.5 Å². The molecule has 2 aliphatic heterocycles. The molecule has 16 nitrogen and oxygen atoms in total. The smallest absolute Gasteiger partial charge is 0.293 e. The summed E-state index contributed by atoms with van der Waals surface area (Å²) in [6.45, 7) is 5.85. The Morgan fingerprint density at radius 1 is 0.853 bits per heavy atom. The van der Waals surface area contributed by atoms with Gasteiger partial charge in [-0.25, -0.2) is 26.8 Å². The van der Waals surface area contributed by atoms with Gasteiger partial charge in [0.15, 0.2) is 5.82 Å². The summed E-state index contributed by atoms with van der Waals surface area (Å²) in [5, 5.41) is 17.1. The van der Waals surface area contributed by atoms with E-state index in [-0.39, 0.29) is 22.4 Å². The minimum Gasteiger partial charge on any atom is -0.376 e. The van der Waals surface area contributed by atoms with Crippen LogP contribution in [0.3, 0.4) is 0 Å². The van der Waals surface area contributed by atoms with E-state index in [0.29, 0.717) is 60.6 Å². The highest BCUT2D eigenvalue weighted by molar-refractivity contribution is 7.99. The number of halogens is 1. The standard InChI is InChI=1S/C48H52ClN9O7S3/c1-67(62,63)54-48(59)35-19-22-55(23-20-35)24-21-38(32-66-40-8-3-2-4-9-40)52-44-18-16-41(30-46(44)58(60)61)68(64,65)53-47-43-17-15-39(29-45(43)50-33-51-47)57-27-25-56(26-28-57)31-36-7-5-6-10-42(36)34-11-13-37(49)14-12-34/h2-18,29-30,33,35,38,52H,19-28,31-32H2,1H3,(H,54,59)(H,50,51,53). The van der Waals surface area contributed by atoms with Gasteiger partial charge in [-0.05, 0) is 104 Å². The van der Waals surface area contributed by atoms with Crippen molar-refractivity contribution >= 4 is 83.1 Å². The van der Waals surface area contributed by atoms with Crippen molar-refractivity contribution in [1.29, 1.82) is 0 Å². The topological polar surface area (TPSA) is 200 Å². The van der Waals surface area contributed by atoms with Crippen molar-refractivity contribution in [1.82, 2.24) is 24.5 Å². The molecule has 1 atom stereocenters. The molecule has 8 rings (SSSR count). The van der Waals surface area contributed by atoms with Gasteiger partial charge in [-0.15, -0.1) is 11.8 Å². The molecule has 6 aromatic rings. The van der Waals surface area contributed by atoms with Crippen LogP contribution in [0.15, 0.2) is 131 Å². The second-order valence-corrected chi connectivity index (χ2v) is 22.0. The number of rotatable bonds is 18. The third-order valence-corrected chi connectivity index (χ3v) is 15.6. The summed E-state index contributed by atoms with van der Waals surface area (Å²) >= 11 is 7.74. The van der Waals surface area contributed by atoms with Gasteiger partial charge in [-0.1, -0.05) is 66.2 Å². The van der Waals surface area contributed by atoms with Crippen LogP contribution in [0.2, 0.25) is 5.02 Å². The number of aromatic nitrogens is 2. The Labute approximate surface area is 405 Å². The number of likely N-dealkylation sites (tertiary alicyclic amines) is 1. The summed E-state index contributed by atoms with van der Waals surface area (Å²) in [7, 11) is -8.00. The molecule has 2 saturated heterocycles. The third-order valence-electron chi connectivity index (χ3n) is 12.2. The lowest BCUT2D eigenvalue weighted by molar-refractivity contribution is -0.384. The van der Waals surface area contributed by atoms with Gasteiger partial charge < -0.3 is 15.1 Å². The molecule has 3 N–H and O–H groups in total. The maximum absolute atomic E-state index is 13.9. The Kier molecular flexibility index (Phi) is 15.5. The van der Waals surface area contributed by atoms with Gasteiger partial charge in [-0.2, -0.15) is 0 Å². The lowest BCUT2D eigenvalue weighted by Crippen LogP contribution is -2.46. The van der Waals surface area contributed by atoms with Gasteiger partial charge in [0.05, 0.1) is 21.6 Å². The molecule has 356 valence electrons. The Morgan fingerprint density at radius 2 is 1.57 bits per heavy atom. The minimum absolute atomic E-state index is 0.0497. The number of benzene rings is 5. The zero-order valence-corrected chi connectivity index (χ0v) is 40.5. The summed E-state index contributed by atoms with van der Waals surface area (Å²) in [4.78, 5) is 40.7. The molecule has 0 aliphatic carbocycles. The Bertz CT molecular complexity index is 2970. The Morgan fingerprint density at radius 3 is 2.29 bits per heavy atom. The molecule has 0 bridgehead atoms. The zero-order chi connectivity index (χ0) is 47.8. The fourth-order valence-corrected chi connectivity index (χ4v) is 11.3. The van der Waals surface area contributed by atoms with Crippen molar-refractivity contribution in [3.05, 3.63) is 142 Å². The zero-order valence-electron chi connectivity index (χ0n) is 37.3. The summed E-state index contributed by atoms with van der Waals surface area (Å²) in [6.07, 6.45) is 3.84. The van der Waals surface area contributed by atoms with Crippen molar-refractivity contribution in [2.24, 2.45) is 5.92 Å². The van der Waals surface area contributed by atoms with Crippen LogP contribution in [0, 0.1) is 16.0 Å². The predicted molar refractivity (Wildman–Crippen MR) is 269 cm³/mol. The molecule has 20 heteroatoms. The average molecular weight is 999 g/mol. The lowest BCUT2D eigenvalue weighted by Gasteiger charge is -2.36. The molecular formula is C48H52ClN9O7S3.